The first kappa shape index (κ1) is 18.5. The van der Waals surface area contributed by atoms with Gasteiger partial charge in [0, 0.05) is 23.3 Å². The van der Waals surface area contributed by atoms with E-state index < -0.39 is 0 Å². The van der Waals surface area contributed by atoms with Crippen molar-refractivity contribution in [3.8, 4) is 5.75 Å². The second kappa shape index (κ2) is 8.88. The van der Waals surface area contributed by atoms with Crippen molar-refractivity contribution in [2.45, 2.75) is 44.9 Å². The van der Waals surface area contributed by atoms with Gasteiger partial charge in [-0.2, -0.15) is 0 Å². The third-order valence-corrected chi connectivity index (χ3v) is 5.43. The molecule has 0 aliphatic heterocycles. The summed E-state index contributed by atoms with van der Waals surface area (Å²) in [6.45, 7) is 5.02. The first-order valence-electron chi connectivity index (χ1n) is 8.45. The van der Waals surface area contributed by atoms with E-state index in [2.05, 4.69) is 48.8 Å². The standard InChI is InChI=1S/C20H27NO2S/c1-20(2,18-8-6-14-24-18)15-21-19(22)9-5-4-7-16-10-12-17(23-3)13-11-16/h6,8,10-14H,4-5,7,9,15H2,1-3H3,(H,21,22). The summed E-state index contributed by atoms with van der Waals surface area (Å²) in [4.78, 5) is 13.3. The molecule has 1 aromatic heterocycles. The van der Waals surface area contributed by atoms with Gasteiger partial charge in [0.15, 0.2) is 0 Å². The maximum Gasteiger partial charge on any atom is 0.220 e. The van der Waals surface area contributed by atoms with E-state index in [0.29, 0.717) is 13.0 Å². The van der Waals surface area contributed by atoms with Crippen LogP contribution < -0.4 is 10.1 Å². The zero-order valence-electron chi connectivity index (χ0n) is 14.8. The van der Waals surface area contributed by atoms with Crippen LogP contribution in [-0.4, -0.2) is 19.6 Å². The Balaban J connectivity index is 1.64. The number of methoxy groups -OCH3 is 1. The molecule has 3 nitrogen and oxygen atoms in total. The highest BCUT2D eigenvalue weighted by Crippen LogP contribution is 2.26. The summed E-state index contributed by atoms with van der Waals surface area (Å²) in [7, 11) is 1.67. The summed E-state index contributed by atoms with van der Waals surface area (Å²) in [5.41, 5.74) is 1.28. The molecule has 0 saturated carbocycles. The van der Waals surface area contributed by atoms with E-state index in [9.17, 15) is 4.79 Å². The number of hydrogen-bond donors (Lipinski definition) is 1. The topological polar surface area (TPSA) is 38.3 Å². The SMILES string of the molecule is COc1ccc(CCCCC(=O)NCC(C)(C)c2cccs2)cc1. The van der Waals surface area contributed by atoms with Crippen LogP contribution in [0.15, 0.2) is 41.8 Å². The molecule has 0 bridgehead atoms. The summed E-state index contributed by atoms with van der Waals surface area (Å²) in [6, 6.07) is 12.3. The summed E-state index contributed by atoms with van der Waals surface area (Å²) in [5, 5.41) is 5.16. The average molecular weight is 346 g/mol. The predicted octanol–water partition coefficient (Wildman–Crippen LogP) is 4.56. The van der Waals surface area contributed by atoms with Crippen LogP contribution in [0.25, 0.3) is 0 Å². The predicted molar refractivity (Wildman–Crippen MR) is 101 cm³/mol. The number of unbranched alkanes of at least 4 members (excludes halogenated alkanes) is 1. The van der Waals surface area contributed by atoms with E-state index in [0.717, 1.165) is 25.0 Å². The first-order valence-corrected chi connectivity index (χ1v) is 9.33. The Morgan fingerprint density at radius 1 is 1.17 bits per heavy atom. The monoisotopic (exact) mass is 345 g/mol. The highest BCUT2D eigenvalue weighted by atomic mass is 32.1. The summed E-state index contributed by atoms with van der Waals surface area (Å²) >= 11 is 1.74. The van der Waals surface area contributed by atoms with Crippen LogP contribution in [0.4, 0.5) is 0 Å². The Morgan fingerprint density at radius 3 is 2.54 bits per heavy atom. The number of ether oxygens (including phenoxy) is 1. The molecule has 0 saturated heterocycles. The Kier molecular flexibility index (Phi) is 6.85. The molecule has 0 radical (unpaired) electrons. The molecule has 0 aliphatic rings. The lowest BCUT2D eigenvalue weighted by Gasteiger charge is -2.23. The zero-order valence-corrected chi connectivity index (χ0v) is 15.6. The van der Waals surface area contributed by atoms with Crippen LogP contribution in [0.1, 0.15) is 43.6 Å². The molecule has 24 heavy (non-hydrogen) atoms. The lowest BCUT2D eigenvalue weighted by atomic mass is 9.91. The molecule has 0 unspecified atom stereocenters. The van der Waals surface area contributed by atoms with Crippen molar-refractivity contribution in [2.24, 2.45) is 0 Å². The van der Waals surface area contributed by atoms with Crippen LogP contribution in [0.2, 0.25) is 0 Å². The molecule has 1 aromatic carbocycles. The number of rotatable bonds is 9. The Morgan fingerprint density at radius 2 is 1.92 bits per heavy atom. The van der Waals surface area contributed by atoms with Crippen LogP contribution in [0, 0.1) is 0 Å². The largest absolute Gasteiger partial charge is 0.497 e. The molecule has 1 heterocycles. The van der Waals surface area contributed by atoms with Gasteiger partial charge in [-0.1, -0.05) is 32.0 Å². The van der Waals surface area contributed by atoms with Gasteiger partial charge in [0.2, 0.25) is 5.91 Å². The van der Waals surface area contributed by atoms with Gasteiger partial charge < -0.3 is 10.1 Å². The minimum absolute atomic E-state index is 0.00702. The number of carbonyl (C=O) groups is 1. The van der Waals surface area contributed by atoms with E-state index >= 15 is 0 Å². The first-order chi connectivity index (χ1) is 11.5. The van der Waals surface area contributed by atoms with Crippen molar-refractivity contribution in [1.29, 1.82) is 0 Å². The highest BCUT2D eigenvalue weighted by Gasteiger charge is 2.22. The number of aryl methyl sites for hydroxylation is 1. The van der Waals surface area contributed by atoms with E-state index in [1.165, 1.54) is 10.4 Å². The fraction of sp³-hybridized carbons (Fsp3) is 0.450. The third-order valence-electron chi connectivity index (χ3n) is 4.19. The molecule has 2 aromatic rings. The second-order valence-electron chi connectivity index (χ2n) is 6.69. The van der Waals surface area contributed by atoms with Crippen LogP contribution >= 0.6 is 11.3 Å². The summed E-state index contributed by atoms with van der Waals surface area (Å²) in [5.74, 6) is 1.03. The van der Waals surface area contributed by atoms with Crippen molar-refractivity contribution in [1.82, 2.24) is 5.32 Å². The number of nitrogens with one attached hydrogen (secondary N) is 1. The molecule has 1 amide bonds. The fourth-order valence-corrected chi connectivity index (χ4v) is 3.42. The van der Waals surface area contributed by atoms with Gasteiger partial charge in [-0.25, -0.2) is 0 Å². The van der Waals surface area contributed by atoms with E-state index in [1.807, 2.05) is 12.1 Å². The van der Waals surface area contributed by atoms with Gasteiger partial charge in [0.05, 0.1) is 7.11 Å². The number of carbonyl (C=O) groups excluding carboxylic acids is 1. The molecule has 0 fully saturated rings. The molecule has 4 heteroatoms. The average Bonchev–Trinajstić information content (AvgIpc) is 3.13. The van der Waals surface area contributed by atoms with Gasteiger partial charge in [-0.15, -0.1) is 11.3 Å². The maximum absolute atomic E-state index is 12.0. The fourth-order valence-electron chi connectivity index (χ4n) is 2.57. The number of benzene rings is 1. The van der Waals surface area contributed by atoms with Crippen molar-refractivity contribution >= 4 is 17.2 Å². The minimum atomic E-state index is -0.00702. The van der Waals surface area contributed by atoms with Gasteiger partial charge in [-0.3, -0.25) is 4.79 Å². The molecule has 1 N–H and O–H groups in total. The third kappa shape index (κ3) is 5.68. The van der Waals surface area contributed by atoms with Gasteiger partial charge in [0.25, 0.3) is 0 Å². The number of hydrogen-bond acceptors (Lipinski definition) is 3. The quantitative estimate of drug-likeness (QED) is 0.676. The Labute approximate surface area is 149 Å². The molecular weight excluding hydrogens is 318 g/mol. The van der Waals surface area contributed by atoms with E-state index in [-0.39, 0.29) is 11.3 Å². The Bertz CT molecular complexity index is 618. The van der Waals surface area contributed by atoms with Crippen molar-refractivity contribution in [3.05, 3.63) is 52.2 Å². The number of amides is 1. The second-order valence-corrected chi connectivity index (χ2v) is 7.64. The van der Waals surface area contributed by atoms with Gasteiger partial charge >= 0.3 is 0 Å². The summed E-state index contributed by atoms with van der Waals surface area (Å²) in [6.07, 6.45) is 3.53. The lowest BCUT2D eigenvalue weighted by molar-refractivity contribution is -0.121. The van der Waals surface area contributed by atoms with Crippen LogP contribution in [0.3, 0.4) is 0 Å². The van der Waals surface area contributed by atoms with Crippen LogP contribution in [-0.2, 0) is 16.6 Å². The molecule has 0 spiro atoms. The lowest BCUT2D eigenvalue weighted by Crippen LogP contribution is -2.36. The van der Waals surface area contributed by atoms with Crippen molar-refractivity contribution < 1.29 is 9.53 Å². The summed E-state index contributed by atoms with van der Waals surface area (Å²) < 4.78 is 5.16. The highest BCUT2D eigenvalue weighted by molar-refractivity contribution is 7.10. The smallest absolute Gasteiger partial charge is 0.220 e. The molecule has 130 valence electrons. The minimum Gasteiger partial charge on any atom is -0.497 e. The normalized spacial score (nSPS) is 11.3. The number of thiophene rings is 1. The molecule has 0 aliphatic carbocycles. The maximum atomic E-state index is 12.0. The molecular formula is C20H27NO2S. The zero-order chi connectivity index (χ0) is 17.4. The van der Waals surface area contributed by atoms with E-state index in [4.69, 9.17) is 4.74 Å². The molecule has 0 atom stereocenters. The van der Waals surface area contributed by atoms with E-state index in [1.54, 1.807) is 18.4 Å². The van der Waals surface area contributed by atoms with Crippen molar-refractivity contribution in [3.63, 3.8) is 0 Å². The van der Waals surface area contributed by atoms with Crippen molar-refractivity contribution in [2.75, 3.05) is 13.7 Å². The van der Waals surface area contributed by atoms with Crippen LogP contribution in [0.5, 0.6) is 5.75 Å². The molecule has 2 rings (SSSR count). The van der Waals surface area contributed by atoms with Gasteiger partial charge in [0.1, 0.15) is 5.75 Å². The van der Waals surface area contributed by atoms with Gasteiger partial charge in [-0.05, 0) is 48.4 Å². The Hall–Kier alpha value is -1.81.